The van der Waals surface area contributed by atoms with Crippen LogP contribution in [0.25, 0.3) is 0 Å². The first-order valence-corrected chi connectivity index (χ1v) is 7.25. The van der Waals surface area contributed by atoms with E-state index in [1.54, 1.807) is 0 Å². The van der Waals surface area contributed by atoms with Crippen molar-refractivity contribution in [3.8, 4) is 0 Å². The van der Waals surface area contributed by atoms with E-state index in [2.05, 4.69) is 14.9 Å². The Kier molecular flexibility index (Phi) is 2.68. The summed E-state index contributed by atoms with van der Waals surface area (Å²) in [5, 5.41) is 6.24. The summed E-state index contributed by atoms with van der Waals surface area (Å²) in [7, 11) is -3.51. The van der Waals surface area contributed by atoms with E-state index in [4.69, 9.17) is 0 Å². The number of aromatic nitrogens is 2. The molecule has 94 valence electrons. The third kappa shape index (κ3) is 1.93. The van der Waals surface area contributed by atoms with Gasteiger partial charge in [0.25, 0.3) is 10.0 Å². The van der Waals surface area contributed by atoms with Crippen LogP contribution in [0, 0.1) is 0 Å². The number of aromatic amines is 1. The van der Waals surface area contributed by atoms with Gasteiger partial charge >= 0.3 is 0 Å². The molecule has 2 N–H and O–H groups in total. The number of nitrogens with zero attached hydrogens (tertiary/aromatic N) is 1. The lowest BCUT2D eigenvalue weighted by atomic mass is 10.1. The molecular weight excluding hydrogens is 250 g/mol. The maximum absolute atomic E-state index is 12.1. The zero-order chi connectivity index (χ0) is 12.6. The van der Waals surface area contributed by atoms with Crippen molar-refractivity contribution >= 4 is 10.0 Å². The molecule has 18 heavy (non-hydrogen) atoms. The number of rotatable bonds is 3. The molecule has 6 heteroatoms. The quantitative estimate of drug-likeness (QED) is 0.878. The van der Waals surface area contributed by atoms with Crippen molar-refractivity contribution in [2.75, 3.05) is 0 Å². The topological polar surface area (TPSA) is 74.8 Å². The van der Waals surface area contributed by atoms with Crippen LogP contribution < -0.4 is 4.72 Å². The van der Waals surface area contributed by atoms with Gasteiger partial charge in [0, 0.05) is 6.04 Å². The molecule has 1 aromatic carbocycles. The summed E-state index contributed by atoms with van der Waals surface area (Å²) in [6, 6.07) is 9.23. The zero-order valence-electron chi connectivity index (χ0n) is 9.63. The minimum absolute atomic E-state index is 0.104. The smallest absolute Gasteiger partial charge is 0.258 e. The molecule has 1 aliphatic rings. The number of hydrogen-bond acceptors (Lipinski definition) is 3. The lowest BCUT2D eigenvalue weighted by molar-refractivity contribution is 0.550. The Hall–Kier alpha value is -1.66. The SMILES string of the molecule is O=S(=O)(NC1CCc2ccccc21)c1ccn[nH]1. The highest BCUT2D eigenvalue weighted by atomic mass is 32.2. The summed E-state index contributed by atoms with van der Waals surface area (Å²) >= 11 is 0. The normalized spacial score (nSPS) is 18.8. The number of aryl methyl sites for hydroxylation is 1. The first-order valence-electron chi connectivity index (χ1n) is 5.76. The number of fused-ring (bicyclic) bond motifs is 1. The highest BCUT2D eigenvalue weighted by Gasteiger charge is 2.27. The van der Waals surface area contributed by atoms with E-state index in [9.17, 15) is 8.42 Å². The fourth-order valence-corrected chi connectivity index (χ4v) is 3.48. The Morgan fingerprint density at radius 1 is 1.28 bits per heavy atom. The van der Waals surface area contributed by atoms with E-state index in [0.29, 0.717) is 0 Å². The van der Waals surface area contributed by atoms with Crippen LogP contribution in [0.1, 0.15) is 23.6 Å². The summed E-state index contributed by atoms with van der Waals surface area (Å²) in [5.74, 6) is 0. The van der Waals surface area contributed by atoms with E-state index >= 15 is 0 Å². The van der Waals surface area contributed by atoms with Crippen LogP contribution in [0.15, 0.2) is 41.6 Å². The van der Waals surface area contributed by atoms with E-state index < -0.39 is 10.0 Å². The Morgan fingerprint density at radius 3 is 2.89 bits per heavy atom. The van der Waals surface area contributed by atoms with Crippen LogP contribution in [-0.4, -0.2) is 18.6 Å². The molecule has 0 amide bonds. The minimum Gasteiger partial charge on any atom is -0.266 e. The van der Waals surface area contributed by atoms with Crippen molar-refractivity contribution < 1.29 is 8.42 Å². The van der Waals surface area contributed by atoms with Crippen molar-refractivity contribution in [2.45, 2.75) is 23.9 Å². The third-order valence-electron chi connectivity index (χ3n) is 3.19. The second kappa shape index (κ2) is 4.22. The molecule has 1 aliphatic carbocycles. The van der Waals surface area contributed by atoms with Crippen molar-refractivity contribution in [3.63, 3.8) is 0 Å². The largest absolute Gasteiger partial charge is 0.266 e. The molecule has 1 unspecified atom stereocenters. The zero-order valence-corrected chi connectivity index (χ0v) is 10.4. The van der Waals surface area contributed by atoms with Gasteiger partial charge in [0.15, 0.2) is 5.03 Å². The molecule has 1 aromatic heterocycles. The van der Waals surface area contributed by atoms with Gasteiger partial charge < -0.3 is 0 Å². The Bertz CT molecular complexity index is 650. The van der Waals surface area contributed by atoms with Gasteiger partial charge in [0.05, 0.1) is 6.20 Å². The maximum atomic E-state index is 12.1. The van der Waals surface area contributed by atoms with Gasteiger partial charge in [-0.15, -0.1) is 0 Å². The van der Waals surface area contributed by atoms with Crippen LogP contribution in [0.5, 0.6) is 0 Å². The molecule has 0 spiro atoms. The molecule has 1 heterocycles. The number of hydrogen-bond donors (Lipinski definition) is 2. The predicted octanol–water partition coefficient (Wildman–Crippen LogP) is 1.38. The number of nitrogens with one attached hydrogen (secondary N) is 2. The van der Waals surface area contributed by atoms with Gasteiger partial charge in [-0.3, -0.25) is 5.10 Å². The van der Waals surface area contributed by atoms with E-state index in [0.717, 1.165) is 18.4 Å². The first-order chi connectivity index (χ1) is 8.67. The molecule has 1 atom stereocenters. The number of benzene rings is 1. The first kappa shape index (κ1) is 11.4. The molecule has 0 fully saturated rings. The second-order valence-electron chi connectivity index (χ2n) is 4.33. The molecule has 0 saturated heterocycles. The lowest BCUT2D eigenvalue weighted by Gasteiger charge is -2.13. The van der Waals surface area contributed by atoms with Gasteiger partial charge in [-0.05, 0) is 30.0 Å². The molecule has 2 aromatic rings. The molecule has 3 rings (SSSR count). The second-order valence-corrected chi connectivity index (χ2v) is 6.01. The highest BCUT2D eigenvalue weighted by Crippen LogP contribution is 2.31. The fraction of sp³-hybridized carbons (Fsp3) is 0.250. The van der Waals surface area contributed by atoms with Gasteiger partial charge in [-0.2, -0.15) is 5.10 Å². The molecular formula is C12H13N3O2S. The summed E-state index contributed by atoms with van der Waals surface area (Å²) in [6.07, 6.45) is 3.14. The summed E-state index contributed by atoms with van der Waals surface area (Å²) < 4.78 is 26.9. The van der Waals surface area contributed by atoms with Crippen molar-refractivity contribution in [2.24, 2.45) is 0 Å². The monoisotopic (exact) mass is 263 g/mol. The molecule has 0 aliphatic heterocycles. The average molecular weight is 263 g/mol. The molecule has 0 bridgehead atoms. The van der Waals surface area contributed by atoms with Gasteiger partial charge in [0.2, 0.25) is 0 Å². The van der Waals surface area contributed by atoms with Crippen LogP contribution in [0.2, 0.25) is 0 Å². The van der Waals surface area contributed by atoms with E-state index in [1.807, 2.05) is 24.3 Å². The Labute approximate surface area is 105 Å². The van der Waals surface area contributed by atoms with E-state index in [1.165, 1.54) is 17.8 Å². The van der Waals surface area contributed by atoms with Crippen LogP contribution in [0.3, 0.4) is 0 Å². The van der Waals surface area contributed by atoms with Crippen molar-refractivity contribution in [1.29, 1.82) is 0 Å². The molecule has 0 saturated carbocycles. The number of sulfonamides is 1. The van der Waals surface area contributed by atoms with Gasteiger partial charge in [-0.1, -0.05) is 24.3 Å². The molecule has 5 nitrogen and oxygen atoms in total. The van der Waals surface area contributed by atoms with Crippen LogP contribution >= 0.6 is 0 Å². The number of H-pyrrole nitrogens is 1. The van der Waals surface area contributed by atoms with Gasteiger partial charge in [0.1, 0.15) is 0 Å². The maximum Gasteiger partial charge on any atom is 0.258 e. The summed E-state index contributed by atoms with van der Waals surface area (Å²) in [6.45, 7) is 0. The minimum atomic E-state index is -3.51. The molecule has 0 radical (unpaired) electrons. The van der Waals surface area contributed by atoms with Crippen LogP contribution in [0.4, 0.5) is 0 Å². The van der Waals surface area contributed by atoms with E-state index in [-0.39, 0.29) is 11.1 Å². The Morgan fingerprint density at radius 2 is 2.11 bits per heavy atom. The lowest BCUT2D eigenvalue weighted by Crippen LogP contribution is -2.27. The fourth-order valence-electron chi connectivity index (χ4n) is 2.32. The van der Waals surface area contributed by atoms with Gasteiger partial charge in [-0.25, -0.2) is 13.1 Å². The Balaban J connectivity index is 1.88. The summed E-state index contributed by atoms with van der Waals surface area (Å²) in [5.41, 5.74) is 2.29. The standard InChI is InChI=1S/C12H13N3O2S/c16-18(17,12-7-8-13-14-12)15-11-6-5-9-3-1-2-4-10(9)11/h1-4,7-8,11,15H,5-6H2,(H,13,14). The predicted molar refractivity (Wildman–Crippen MR) is 66.4 cm³/mol. The van der Waals surface area contributed by atoms with Crippen molar-refractivity contribution in [3.05, 3.63) is 47.7 Å². The van der Waals surface area contributed by atoms with Crippen LogP contribution in [-0.2, 0) is 16.4 Å². The highest BCUT2D eigenvalue weighted by molar-refractivity contribution is 7.89. The third-order valence-corrected chi connectivity index (χ3v) is 4.60. The van der Waals surface area contributed by atoms with Crippen molar-refractivity contribution in [1.82, 2.24) is 14.9 Å². The average Bonchev–Trinajstić information content (AvgIpc) is 2.99. The summed E-state index contributed by atoms with van der Waals surface area (Å²) in [4.78, 5) is 0.